The lowest BCUT2D eigenvalue weighted by molar-refractivity contribution is 0.0175. The minimum absolute atomic E-state index is 0.0309. The maximum Gasteiger partial charge on any atom is 0.410 e. The third-order valence-electron chi connectivity index (χ3n) is 3.48. The Hall–Kier alpha value is -0.850. The second-order valence-corrected chi connectivity index (χ2v) is 7.88. The molecule has 0 spiro atoms. The van der Waals surface area contributed by atoms with E-state index >= 15 is 0 Å². The van der Waals surface area contributed by atoms with Crippen molar-refractivity contribution in [2.75, 3.05) is 12.8 Å². The van der Waals surface area contributed by atoms with Gasteiger partial charge in [-0.25, -0.2) is 4.79 Å². The number of carbonyl (C=O) groups is 1. The number of ether oxygens (including phenoxy) is 1. The van der Waals surface area contributed by atoms with Crippen LogP contribution in [-0.2, 0) is 15.0 Å². The molecule has 0 aromatic heterocycles. The predicted molar refractivity (Wildman–Crippen MR) is 74.6 cm³/mol. The summed E-state index contributed by atoms with van der Waals surface area (Å²) in [5.74, 6) is -0.552. The van der Waals surface area contributed by atoms with E-state index < -0.39 is 21.6 Å². The van der Waals surface area contributed by atoms with Crippen molar-refractivity contribution in [3.8, 4) is 0 Å². The van der Waals surface area contributed by atoms with Crippen LogP contribution >= 0.6 is 0 Å². The zero-order valence-electron chi connectivity index (χ0n) is 12.6. The highest BCUT2D eigenvalue weighted by atomic mass is 32.3. The van der Waals surface area contributed by atoms with Crippen molar-refractivity contribution in [1.82, 2.24) is 4.90 Å². The molecule has 5 nitrogen and oxygen atoms in total. The van der Waals surface area contributed by atoms with Gasteiger partial charge in [0.1, 0.15) is 5.60 Å². The van der Waals surface area contributed by atoms with Gasteiger partial charge in [0.25, 0.3) is 0 Å². The standard InChI is InChI=1S/C13H24FNO4S/c1-13(2,3)19-12(16)15(4)11-7-5-10(6-8-11)9-20(14,17)18/h10-11H,5-9H2,1-4H3. The molecule has 1 aliphatic carbocycles. The Labute approximate surface area is 120 Å². The maximum atomic E-state index is 12.6. The molecule has 0 atom stereocenters. The molecular weight excluding hydrogens is 285 g/mol. The Bertz CT molecular complexity index is 436. The number of halogens is 1. The fourth-order valence-electron chi connectivity index (χ4n) is 2.46. The zero-order valence-corrected chi connectivity index (χ0v) is 13.4. The average molecular weight is 309 g/mol. The first-order chi connectivity index (χ1) is 8.98. The number of amides is 1. The van der Waals surface area contributed by atoms with Gasteiger partial charge in [-0.05, 0) is 52.4 Å². The smallest absolute Gasteiger partial charge is 0.410 e. The van der Waals surface area contributed by atoms with Crippen LogP contribution < -0.4 is 0 Å². The molecule has 0 heterocycles. The summed E-state index contributed by atoms with van der Waals surface area (Å²) in [6.07, 6.45) is 2.20. The minimum atomic E-state index is -4.41. The fraction of sp³-hybridized carbons (Fsp3) is 0.923. The Morgan fingerprint density at radius 1 is 1.25 bits per heavy atom. The quantitative estimate of drug-likeness (QED) is 0.752. The molecule has 0 N–H and O–H groups in total. The summed E-state index contributed by atoms with van der Waals surface area (Å²) in [6.45, 7) is 5.42. The van der Waals surface area contributed by atoms with E-state index in [1.54, 1.807) is 11.9 Å². The second-order valence-electron chi connectivity index (χ2n) is 6.47. The predicted octanol–water partition coefficient (Wildman–Crippen LogP) is 2.71. The van der Waals surface area contributed by atoms with Crippen LogP contribution in [0.5, 0.6) is 0 Å². The van der Waals surface area contributed by atoms with Gasteiger partial charge in [0.05, 0.1) is 5.75 Å². The molecule has 1 saturated carbocycles. The first-order valence-corrected chi connectivity index (χ1v) is 8.41. The number of nitrogens with zero attached hydrogens (tertiary/aromatic N) is 1. The van der Waals surface area contributed by atoms with Gasteiger partial charge in [-0.15, -0.1) is 3.89 Å². The molecule has 118 valence electrons. The van der Waals surface area contributed by atoms with E-state index in [-0.39, 0.29) is 18.1 Å². The van der Waals surface area contributed by atoms with Crippen molar-refractivity contribution in [2.45, 2.75) is 58.1 Å². The van der Waals surface area contributed by atoms with E-state index in [4.69, 9.17) is 4.74 Å². The highest BCUT2D eigenvalue weighted by Crippen LogP contribution is 2.29. The average Bonchev–Trinajstić information content (AvgIpc) is 2.24. The van der Waals surface area contributed by atoms with E-state index in [1.807, 2.05) is 20.8 Å². The summed E-state index contributed by atoms with van der Waals surface area (Å²) in [4.78, 5) is 13.5. The first-order valence-electron chi connectivity index (χ1n) is 6.86. The molecule has 0 aromatic carbocycles. The summed E-state index contributed by atoms with van der Waals surface area (Å²) in [7, 11) is -2.72. The minimum Gasteiger partial charge on any atom is -0.444 e. The summed E-state index contributed by atoms with van der Waals surface area (Å²) in [5, 5.41) is 0. The molecular formula is C13H24FNO4S. The van der Waals surface area contributed by atoms with Gasteiger partial charge in [0, 0.05) is 13.1 Å². The molecule has 0 saturated heterocycles. The Balaban J connectivity index is 2.47. The first kappa shape index (κ1) is 17.2. The summed E-state index contributed by atoms with van der Waals surface area (Å²) >= 11 is 0. The lowest BCUT2D eigenvalue weighted by Crippen LogP contribution is -2.42. The topological polar surface area (TPSA) is 63.7 Å². The van der Waals surface area contributed by atoms with E-state index in [2.05, 4.69) is 0 Å². The van der Waals surface area contributed by atoms with E-state index in [9.17, 15) is 17.1 Å². The van der Waals surface area contributed by atoms with Crippen LogP contribution in [0.3, 0.4) is 0 Å². The lowest BCUT2D eigenvalue weighted by atomic mass is 9.87. The molecule has 0 aromatic rings. The van der Waals surface area contributed by atoms with Crippen LogP contribution in [0.15, 0.2) is 0 Å². The third kappa shape index (κ3) is 6.07. The van der Waals surface area contributed by atoms with Crippen molar-refractivity contribution >= 4 is 16.3 Å². The van der Waals surface area contributed by atoms with E-state index in [0.717, 1.165) is 0 Å². The molecule has 20 heavy (non-hydrogen) atoms. The normalized spacial score (nSPS) is 24.2. The SMILES string of the molecule is CN(C(=O)OC(C)(C)C)C1CCC(CS(=O)(=O)F)CC1. The number of hydrogen-bond donors (Lipinski definition) is 0. The molecule has 0 unspecified atom stereocenters. The Morgan fingerprint density at radius 3 is 2.15 bits per heavy atom. The van der Waals surface area contributed by atoms with Crippen LogP contribution in [0.2, 0.25) is 0 Å². The van der Waals surface area contributed by atoms with Gasteiger partial charge in [-0.1, -0.05) is 0 Å². The highest BCUT2D eigenvalue weighted by Gasteiger charge is 2.30. The lowest BCUT2D eigenvalue weighted by Gasteiger charge is -2.35. The summed E-state index contributed by atoms with van der Waals surface area (Å²) in [5.41, 5.74) is -0.537. The fourth-order valence-corrected chi connectivity index (χ4v) is 3.36. The summed E-state index contributed by atoms with van der Waals surface area (Å²) in [6, 6.07) is 0.0309. The largest absolute Gasteiger partial charge is 0.444 e. The number of carbonyl (C=O) groups excluding carboxylic acids is 1. The van der Waals surface area contributed by atoms with Gasteiger partial charge in [0.15, 0.2) is 0 Å². The van der Waals surface area contributed by atoms with Crippen molar-refractivity contribution in [3.05, 3.63) is 0 Å². The Morgan fingerprint density at radius 2 is 1.75 bits per heavy atom. The van der Waals surface area contributed by atoms with Crippen molar-refractivity contribution in [1.29, 1.82) is 0 Å². The van der Waals surface area contributed by atoms with Crippen LogP contribution in [-0.4, -0.2) is 43.9 Å². The monoisotopic (exact) mass is 309 g/mol. The molecule has 0 radical (unpaired) electrons. The van der Waals surface area contributed by atoms with Gasteiger partial charge >= 0.3 is 16.3 Å². The van der Waals surface area contributed by atoms with Gasteiger partial charge < -0.3 is 9.64 Å². The van der Waals surface area contributed by atoms with Crippen molar-refractivity contribution in [2.24, 2.45) is 5.92 Å². The van der Waals surface area contributed by atoms with Crippen LogP contribution in [0.1, 0.15) is 46.5 Å². The molecule has 7 heteroatoms. The Kier molecular flexibility index (Phi) is 5.40. The molecule has 1 amide bonds. The van der Waals surface area contributed by atoms with E-state index in [1.165, 1.54) is 0 Å². The zero-order chi connectivity index (χ0) is 15.6. The second kappa shape index (κ2) is 6.28. The molecule has 1 rings (SSSR count). The van der Waals surface area contributed by atoms with Crippen molar-refractivity contribution in [3.63, 3.8) is 0 Å². The maximum absolute atomic E-state index is 12.6. The molecule has 0 aliphatic heterocycles. The number of hydrogen-bond acceptors (Lipinski definition) is 4. The van der Waals surface area contributed by atoms with Crippen LogP contribution in [0.4, 0.5) is 8.68 Å². The van der Waals surface area contributed by atoms with Crippen LogP contribution in [0.25, 0.3) is 0 Å². The van der Waals surface area contributed by atoms with Crippen LogP contribution in [0, 0.1) is 5.92 Å². The molecule has 1 aliphatic rings. The van der Waals surface area contributed by atoms with Crippen molar-refractivity contribution < 1.29 is 21.8 Å². The van der Waals surface area contributed by atoms with Gasteiger partial charge in [0.2, 0.25) is 0 Å². The van der Waals surface area contributed by atoms with E-state index in [0.29, 0.717) is 25.7 Å². The van der Waals surface area contributed by atoms with Gasteiger partial charge in [-0.3, -0.25) is 0 Å². The highest BCUT2D eigenvalue weighted by molar-refractivity contribution is 7.86. The third-order valence-corrected chi connectivity index (χ3v) is 4.35. The van der Waals surface area contributed by atoms with Gasteiger partial charge in [-0.2, -0.15) is 8.42 Å². The molecule has 1 fully saturated rings. The number of rotatable bonds is 3. The summed E-state index contributed by atoms with van der Waals surface area (Å²) < 4.78 is 39.2. The molecule has 0 bridgehead atoms.